The molecule has 0 N–H and O–H groups in total. The van der Waals surface area contributed by atoms with Crippen LogP contribution in [0, 0.1) is 6.92 Å². The van der Waals surface area contributed by atoms with Gasteiger partial charge in [-0.3, -0.25) is 0 Å². The third kappa shape index (κ3) is 2.74. The average Bonchev–Trinajstić information content (AvgIpc) is 2.39. The van der Waals surface area contributed by atoms with E-state index < -0.39 is 0 Å². The van der Waals surface area contributed by atoms with Crippen molar-refractivity contribution >= 4 is 0 Å². The Hall–Kier alpha value is -0.790. The summed E-state index contributed by atoms with van der Waals surface area (Å²) in [4.78, 5) is 0. The predicted molar refractivity (Wildman–Crippen MR) is 46.7 cm³/mol. The van der Waals surface area contributed by atoms with E-state index in [9.17, 15) is 0 Å². The fraction of sp³-hybridized carbons (Fsp3) is 0.667. The lowest BCUT2D eigenvalue weighted by Gasteiger charge is -1.96. The molecule has 0 aromatic carbocycles. The van der Waals surface area contributed by atoms with Crippen LogP contribution in [-0.2, 0) is 0 Å². The predicted octanol–water partition coefficient (Wildman–Crippen LogP) is 3.13. The van der Waals surface area contributed by atoms with Crippen LogP contribution in [0.15, 0.2) is 10.8 Å². The molecule has 0 atom stereocenters. The third-order valence-corrected chi connectivity index (χ3v) is 1.33. The van der Waals surface area contributed by atoms with Crippen molar-refractivity contribution in [2.45, 2.75) is 40.5 Å². The Labute approximate surface area is 68.6 Å². The van der Waals surface area contributed by atoms with E-state index in [1.165, 1.54) is 0 Å². The van der Waals surface area contributed by atoms with Crippen LogP contribution in [0.5, 0.6) is 0 Å². The Kier molecular flexibility index (Phi) is 4.59. The minimum absolute atomic E-state index is 0.476. The second kappa shape index (κ2) is 4.94. The van der Waals surface area contributed by atoms with Crippen LogP contribution in [0.25, 0.3) is 0 Å². The smallest absolute Gasteiger partial charge is 0.127 e. The Morgan fingerprint density at radius 1 is 1.36 bits per heavy atom. The number of hydrogen-bond acceptors (Lipinski definition) is 2. The maximum Gasteiger partial charge on any atom is 0.127 e. The number of aromatic nitrogens is 1. The zero-order chi connectivity index (χ0) is 8.85. The largest absolute Gasteiger partial charge is 0.364 e. The molecular formula is C9H17NO. The molecule has 0 unspecified atom stereocenters. The molecule has 0 bridgehead atoms. The highest BCUT2D eigenvalue weighted by atomic mass is 16.5. The molecule has 0 fully saturated rings. The van der Waals surface area contributed by atoms with Crippen molar-refractivity contribution in [1.82, 2.24) is 5.16 Å². The van der Waals surface area contributed by atoms with Gasteiger partial charge in [-0.2, -0.15) is 0 Å². The monoisotopic (exact) mass is 155 g/mol. The van der Waals surface area contributed by atoms with Crippen molar-refractivity contribution in [1.29, 1.82) is 0 Å². The van der Waals surface area contributed by atoms with Crippen LogP contribution in [0.1, 0.15) is 44.9 Å². The van der Waals surface area contributed by atoms with Gasteiger partial charge >= 0.3 is 0 Å². The SMILES string of the molecule is CC.Cc1conc1C(C)C. The van der Waals surface area contributed by atoms with E-state index >= 15 is 0 Å². The molecule has 0 aliphatic carbocycles. The fourth-order valence-corrected chi connectivity index (χ4v) is 0.855. The Morgan fingerprint density at radius 2 is 1.91 bits per heavy atom. The molecule has 0 amide bonds. The summed E-state index contributed by atoms with van der Waals surface area (Å²) in [5, 5.41) is 3.84. The third-order valence-electron chi connectivity index (χ3n) is 1.33. The van der Waals surface area contributed by atoms with Crippen LogP contribution >= 0.6 is 0 Å². The average molecular weight is 155 g/mol. The van der Waals surface area contributed by atoms with Crippen molar-refractivity contribution in [3.8, 4) is 0 Å². The number of aryl methyl sites for hydroxylation is 1. The molecule has 0 aliphatic rings. The fourth-order valence-electron chi connectivity index (χ4n) is 0.855. The van der Waals surface area contributed by atoms with Gasteiger partial charge in [0.05, 0.1) is 5.69 Å². The van der Waals surface area contributed by atoms with Crippen LogP contribution in [-0.4, -0.2) is 5.16 Å². The van der Waals surface area contributed by atoms with Gasteiger partial charge < -0.3 is 4.52 Å². The molecule has 2 nitrogen and oxygen atoms in total. The van der Waals surface area contributed by atoms with Crippen molar-refractivity contribution in [3.63, 3.8) is 0 Å². The maximum atomic E-state index is 4.76. The van der Waals surface area contributed by atoms with Crippen molar-refractivity contribution < 1.29 is 4.52 Å². The molecule has 1 heterocycles. The van der Waals surface area contributed by atoms with Gasteiger partial charge in [0.25, 0.3) is 0 Å². The molecule has 11 heavy (non-hydrogen) atoms. The lowest BCUT2D eigenvalue weighted by molar-refractivity contribution is 0.408. The molecule has 0 spiro atoms. The lowest BCUT2D eigenvalue weighted by Crippen LogP contribution is -1.88. The van der Waals surface area contributed by atoms with E-state index in [4.69, 9.17) is 4.52 Å². The van der Waals surface area contributed by atoms with E-state index in [1.807, 2.05) is 20.8 Å². The number of rotatable bonds is 1. The van der Waals surface area contributed by atoms with Crippen molar-refractivity contribution in [3.05, 3.63) is 17.5 Å². The second-order valence-corrected chi connectivity index (χ2v) is 2.54. The lowest BCUT2D eigenvalue weighted by atomic mass is 10.1. The zero-order valence-corrected chi connectivity index (χ0v) is 8.01. The normalized spacial score (nSPS) is 9.27. The molecule has 1 aromatic rings. The molecular weight excluding hydrogens is 138 g/mol. The minimum atomic E-state index is 0.476. The van der Waals surface area contributed by atoms with Crippen LogP contribution in [0.4, 0.5) is 0 Å². The molecule has 2 heteroatoms. The minimum Gasteiger partial charge on any atom is -0.364 e. The summed E-state index contributed by atoms with van der Waals surface area (Å²) in [6.45, 7) is 10.2. The molecule has 0 aliphatic heterocycles. The van der Waals surface area contributed by atoms with Crippen molar-refractivity contribution in [2.75, 3.05) is 0 Å². The van der Waals surface area contributed by atoms with E-state index in [0.29, 0.717) is 5.92 Å². The maximum absolute atomic E-state index is 4.76. The quantitative estimate of drug-likeness (QED) is 0.622. The van der Waals surface area contributed by atoms with E-state index in [2.05, 4.69) is 19.0 Å². The molecule has 1 aromatic heterocycles. The van der Waals surface area contributed by atoms with Gasteiger partial charge in [0.1, 0.15) is 6.26 Å². The summed E-state index contributed by atoms with van der Waals surface area (Å²) < 4.78 is 4.76. The summed E-state index contributed by atoms with van der Waals surface area (Å²) in [6.07, 6.45) is 1.68. The van der Waals surface area contributed by atoms with E-state index in [-0.39, 0.29) is 0 Å². The Balaban J connectivity index is 0.000000461. The second-order valence-electron chi connectivity index (χ2n) is 2.54. The summed E-state index contributed by atoms with van der Waals surface area (Å²) in [5.41, 5.74) is 2.21. The van der Waals surface area contributed by atoms with Crippen molar-refractivity contribution in [2.24, 2.45) is 0 Å². The topological polar surface area (TPSA) is 26.0 Å². The van der Waals surface area contributed by atoms with E-state index in [0.717, 1.165) is 11.3 Å². The summed E-state index contributed by atoms with van der Waals surface area (Å²) in [7, 11) is 0. The highest BCUT2D eigenvalue weighted by Gasteiger charge is 2.05. The van der Waals surface area contributed by atoms with Gasteiger partial charge in [0.15, 0.2) is 0 Å². The number of nitrogens with zero attached hydrogens (tertiary/aromatic N) is 1. The summed E-state index contributed by atoms with van der Waals surface area (Å²) in [5.74, 6) is 0.476. The standard InChI is InChI=1S/C7H11NO.C2H6/c1-5(2)7-6(3)4-9-8-7;1-2/h4-5H,1-3H3;1-2H3. The Morgan fingerprint density at radius 3 is 2.09 bits per heavy atom. The first-order valence-electron chi connectivity index (χ1n) is 4.12. The highest BCUT2D eigenvalue weighted by Crippen LogP contribution is 2.15. The summed E-state index contributed by atoms with van der Waals surface area (Å²) >= 11 is 0. The van der Waals surface area contributed by atoms with E-state index in [1.54, 1.807) is 6.26 Å². The first kappa shape index (κ1) is 10.2. The molecule has 0 radical (unpaired) electrons. The van der Waals surface area contributed by atoms with Gasteiger partial charge in [-0.05, 0) is 12.8 Å². The van der Waals surface area contributed by atoms with Crippen LogP contribution in [0.3, 0.4) is 0 Å². The first-order valence-corrected chi connectivity index (χ1v) is 4.12. The first-order chi connectivity index (χ1) is 5.22. The molecule has 0 saturated heterocycles. The van der Waals surface area contributed by atoms with Gasteiger partial charge in [-0.1, -0.05) is 32.9 Å². The van der Waals surface area contributed by atoms with Gasteiger partial charge in [0.2, 0.25) is 0 Å². The zero-order valence-electron chi connectivity index (χ0n) is 8.01. The van der Waals surface area contributed by atoms with Gasteiger partial charge in [-0.15, -0.1) is 0 Å². The van der Waals surface area contributed by atoms with Gasteiger partial charge in [-0.25, -0.2) is 0 Å². The van der Waals surface area contributed by atoms with Crippen LogP contribution in [0.2, 0.25) is 0 Å². The number of hydrogen-bond donors (Lipinski definition) is 0. The summed E-state index contributed by atoms with van der Waals surface area (Å²) in [6, 6.07) is 0. The highest BCUT2D eigenvalue weighted by molar-refractivity contribution is 5.14. The van der Waals surface area contributed by atoms with Gasteiger partial charge in [0, 0.05) is 5.56 Å². The molecule has 1 rings (SSSR count). The van der Waals surface area contributed by atoms with Crippen LogP contribution < -0.4 is 0 Å². The molecule has 64 valence electrons. The Bertz CT molecular complexity index is 191. The molecule has 0 saturated carbocycles.